The Balaban J connectivity index is 1.29. The molecule has 0 saturated heterocycles. The fourth-order valence-corrected chi connectivity index (χ4v) is 16.9. The quantitative estimate of drug-likeness (QED) is 0.545. The monoisotopic (exact) mass is 198 g/mol. The summed E-state index contributed by atoms with van der Waals surface area (Å²) in [7, 11) is 0. The molecule has 0 amide bonds. The van der Waals surface area contributed by atoms with Gasteiger partial charge in [-0.1, -0.05) is 0 Å². The molecular weight excluding hydrogens is 192 g/mol. The van der Waals surface area contributed by atoms with Crippen LogP contribution in [0.1, 0.15) is 12.8 Å². The molecule has 14 rings (SSSR count). The minimum atomic E-state index is 1.16. The highest BCUT2D eigenvalue weighted by Gasteiger charge is 3.85. The van der Waals surface area contributed by atoms with Crippen molar-refractivity contribution in [1.29, 1.82) is 0 Å². The van der Waals surface area contributed by atoms with Crippen LogP contribution in [0.25, 0.3) is 0 Å². The maximum atomic E-state index is 1.74. The largest absolute Gasteiger partial charge is 0.0421 e. The van der Waals surface area contributed by atoms with Gasteiger partial charge in [0.15, 0.2) is 0 Å². The summed E-state index contributed by atoms with van der Waals surface area (Å²) in [6.45, 7) is 0. The summed E-state index contributed by atoms with van der Waals surface area (Å²) in [5.41, 5.74) is 14.4. The summed E-state index contributed by atoms with van der Waals surface area (Å²) < 4.78 is 0. The first-order chi connectivity index (χ1) is 7.93. The molecule has 0 heteroatoms. The van der Waals surface area contributed by atoms with E-state index in [0.29, 0.717) is 0 Å². The molecule has 14 aliphatic rings. The lowest BCUT2D eigenvalue weighted by Crippen LogP contribution is -2.14. The predicted molar refractivity (Wildman–Crippen MR) is 45.4 cm³/mol. The highest BCUT2D eigenvalue weighted by Crippen LogP contribution is 3.85. The molecule has 0 aromatic carbocycles. The van der Waals surface area contributed by atoms with Gasteiger partial charge in [-0.2, -0.15) is 0 Å². The summed E-state index contributed by atoms with van der Waals surface area (Å²) >= 11 is 0. The highest BCUT2D eigenvalue weighted by molar-refractivity contribution is 6.28. The van der Waals surface area contributed by atoms with Gasteiger partial charge in [-0.05, 0) is 89.7 Å². The van der Waals surface area contributed by atoms with E-state index in [1.807, 2.05) is 0 Å². The molecule has 0 nitrogen and oxygen atoms in total. The fraction of sp³-hybridized carbons (Fsp3) is 1.00. The maximum absolute atomic E-state index is 1.74. The molecule has 14 fully saturated rings. The van der Waals surface area contributed by atoms with Crippen LogP contribution in [0.3, 0.4) is 0 Å². The molecule has 16 heavy (non-hydrogen) atoms. The molecular formula is C16H6. The average molecular weight is 198 g/mol. The Kier molecular flexibility index (Phi) is 0.123. The van der Waals surface area contributed by atoms with E-state index < -0.39 is 0 Å². The Morgan fingerprint density at radius 1 is 0.500 bits per heavy atom. The van der Waals surface area contributed by atoms with E-state index in [-0.39, 0.29) is 0 Å². The van der Waals surface area contributed by atoms with Gasteiger partial charge in [0.25, 0.3) is 0 Å². The normalized spacial score (nSPS) is 160. The molecule has 0 aliphatic heterocycles. The molecule has 70 valence electrons. The second-order valence-corrected chi connectivity index (χ2v) is 11.1. The van der Waals surface area contributed by atoms with E-state index in [1.165, 1.54) is 66.0 Å². The van der Waals surface area contributed by atoms with E-state index in [1.54, 1.807) is 12.8 Å². The fourth-order valence-electron chi connectivity index (χ4n) is 16.9. The van der Waals surface area contributed by atoms with Crippen LogP contribution in [-0.2, 0) is 0 Å². The van der Waals surface area contributed by atoms with Crippen molar-refractivity contribution in [2.45, 2.75) is 12.8 Å². The summed E-state index contributed by atoms with van der Waals surface area (Å²) in [6.07, 6.45) is 3.48. The van der Waals surface area contributed by atoms with Crippen molar-refractivity contribution >= 4 is 0 Å². The van der Waals surface area contributed by atoms with Crippen molar-refractivity contribution in [2.75, 3.05) is 0 Å². The lowest BCUT2D eigenvalue weighted by molar-refractivity contribution is 0.288. The average Bonchev–Trinajstić information content (AvgIpc) is 2.77. The minimum Gasteiger partial charge on any atom is -0.0421 e. The number of hydrogen-bond acceptors (Lipinski definition) is 0. The van der Waals surface area contributed by atoms with Gasteiger partial charge in [0.1, 0.15) is 0 Å². The molecule has 0 bridgehead atoms. The first-order valence-electron chi connectivity index (χ1n) is 7.93. The third kappa shape index (κ3) is 0.0622. The van der Waals surface area contributed by atoms with Crippen molar-refractivity contribution in [3.8, 4) is 0 Å². The number of hydrogen-bond donors (Lipinski definition) is 0. The van der Waals surface area contributed by atoms with E-state index in [9.17, 15) is 0 Å². The van der Waals surface area contributed by atoms with E-state index in [4.69, 9.17) is 0 Å². The van der Waals surface area contributed by atoms with Crippen LogP contribution in [0, 0.1) is 76.8 Å². The van der Waals surface area contributed by atoms with Crippen LogP contribution in [0.2, 0.25) is 0 Å². The van der Waals surface area contributed by atoms with Gasteiger partial charge < -0.3 is 0 Å². The summed E-state index contributed by atoms with van der Waals surface area (Å²) in [5.74, 6) is 2.75. The summed E-state index contributed by atoms with van der Waals surface area (Å²) in [5, 5.41) is 0. The third-order valence-electron chi connectivity index (χ3n) is 14.6. The zero-order chi connectivity index (χ0) is 8.57. The van der Waals surface area contributed by atoms with Gasteiger partial charge in [-0.15, -0.1) is 0 Å². The van der Waals surface area contributed by atoms with Gasteiger partial charge in [0.05, 0.1) is 0 Å². The maximum Gasteiger partial charge on any atom is -0.0000148 e. The molecule has 0 aromatic rings. The van der Waals surface area contributed by atoms with Gasteiger partial charge in [0.2, 0.25) is 0 Å². The third-order valence-corrected chi connectivity index (χ3v) is 14.6. The molecule has 14 saturated carbocycles. The zero-order valence-corrected chi connectivity index (χ0v) is 8.57. The summed E-state index contributed by atoms with van der Waals surface area (Å²) in [4.78, 5) is 0. The van der Waals surface area contributed by atoms with Gasteiger partial charge in [-0.25, -0.2) is 0 Å². The Bertz CT molecular complexity index is 916. The molecule has 0 N–H and O–H groups in total. The van der Waals surface area contributed by atoms with Gasteiger partial charge in [-0.3, -0.25) is 0 Å². The Morgan fingerprint density at radius 3 is 1.31 bits per heavy atom. The zero-order valence-electron chi connectivity index (χ0n) is 8.57. The van der Waals surface area contributed by atoms with Crippen LogP contribution in [0.4, 0.5) is 0 Å². The molecule has 14 aliphatic carbocycles. The summed E-state index contributed by atoms with van der Waals surface area (Å²) in [6, 6.07) is 0. The van der Waals surface area contributed by atoms with Crippen molar-refractivity contribution in [3.63, 3.8) is 0 Å². The van der Waals surface area contributed by atoms with Crippen LogP contribution in [0.15, 0.2) is 0 Å². The Labute approximate surface area is 90.1 Å². The van der Waals surface area contributed by atoms with Crippen molar-refractivity contribution in [1.82, 2.24) is 0 Å². The molecule has 0 aromatic heterocycles. The minimum absolute atomic E-state index is 1.16. The Morgan fingerprint density at radius 2 is 0.938 bits per heavy atom. The van der Waals surface area contributed by atoms with Crippen molar-refractivity contribution in [3.05, 3.63) is 0 Å². The topological polar surface area (TPSA) is 0 Å². The lowest BCUT2D eigenvalue weighted by atomic mass is 9.86. The van der Waals surface area contributed by atoms with E-state index in [2.05, 4.69) is 0 Å². The molecule has 0 radical (unpaired) electrons. The molecule has 0 heterocycles. The predicted octanol–water partition coefficient (Wildman–Crippen LogP) is 1.03. The van der Waals surface area contributed by atoms with Crippen molar-refractivity contribution < 1.29 is 0 Å². The van der Waals surface area contributed by atoms with E-state index in [0.717, 1.165) is 10.8 Å². The highest BCUT2D eigenvalue weighted by atomic mass is 15.9. The lowest BCUT2D eigenvalue weighted by Gasteiger charge is -2.15. The number of rotatable bonds is 0. The van der Waals surface area contributed by atoms with Crippen LogP contribution in [0.5, 0.6) is 0 Å². The second kappa shape index (κ2) is 0.459. The SMILES string of the molecule is C1C2C13C21C32C13C21C32C34C56C78CC7C85C63C142. The van der Waals surface area contributed by atoms with Gasteiger partial charge in [0, 0.05) is 0 Å². The molecule has 10 atom stereocenters. The Hall–Kier alpha value is 0. The first-order valence-corrected chi connectivity index (χ1v) is 7.93. The standard InChI is InChI=1S/C16H6/c1-3-5(1)7(3)9(5)11(7)13(9)15(11)14-10-6-2-4(6)8(6,10)12(10,14)16(13,14)15/h3-4H,1-2H2. The first kappa shape index (κ1) is 4.28. The van der Waals surface area contributed by atoms with E-state index >= 15 is 0 Å². The second-order valence-electron chi connectivity index (χ2n) is 11.1. The van der Waals surface area contributed by atoms with Crippen molar-refractivity contribution in [2.24, 2.45) is 76.8 Å². The van der Waals surface area contributed by atoms with Crippen LogP contribution < -0.4 is 0 Å². The van der Waals surface area contributed by atoms with Gasteiger partial charge >= 0.3 is 0 Å². The molecule has 12 spiro atoms. The molecule has 10 unspecified atom stereocenters. The smallest absolute Gasteiger partial charge is 0.0000148 e. The van der Waals surface area contributed by atoms with Crippen LogP contribution in [-0.4, -0.2) is 0 Å². The van der Waals surface area contributed by atoms with Crippen LogP contribution >= 0.6 is 0 Å².